The van der Waals surface area contributed by atoms with Gasteiger partial charge >= 0.3 is 6.03 Å². The summed E-state index contributed by atoms with van der Waals surface area (Å²) in [6.45, 7) is 6.10. The number of carbonyl (C=O) groups is 1. The molecular weight excluding hydrogens is 424 g/mol. The molecule has 0 radical (unpaired) electrons. The van der Waals surface area contributed by atoms with Crippen LogP contribution >= 0.6 is 11.6 Å². The fourth-order valence-corrected chi connectivity index (χ4v) is 3.60. The molecule has 0 bridgehead atoms. The van der Waals surface area contributed by atoms with E-state index in [-0.39, 0.29) is 12.0 Å². The average Bonchev–Trinajstić information content (AvgIpc) is 3.18. The SMILES string of the molecule is CC(C)(C)c1cc(NC(=O)Nc2ccc(Cl)cc2)n(-c2cc(CO)c3ccccc3c2)n1. The van der Waals surface area contributed by atoms with Crippen LogP contribution in [0.4, 0.5) is 16.3 Å². The van der Waals surface area contributed by atoms with E-state index in [9.17, 15) is 9.90 Å². The van der Waals surface area contributed by atoms with Crippen LogP contribution in [0.2, 0.25) is 5.02 Å². The molecule has 4 aromatic rings. The maximum atomic E-state index is 12.7. The van der Waals surface area contributed by atoms with Gasteiger partial charge in [0.2, 0.25) is 0 Å². The molecule has 164 valence electrons. The molecule has 1 heterocycles. The first-order valence-electron chi connectivity index (χ1n) is 10.3. The van der Waals surface area contributed by atoms with Gasteiger partial charge in [0, 0.05) is 22.2 Å². The van der Waals surface area contributed by atoms with Crippen LogP contribution in [0.1, 0.15) is 32.0 Å². The van der Waals surface area contributed by atoms with E-state index in [1.54, 1.807) is 28.9 Å². The molecule has 0 aliphatic heterocycles. The second kappa shape index (κ2) is 8.65. The topological polar surface area (TPSA) is 79.2 Å². The standard InChI is InChI=1S/C25H25ClN4O2/c1-25(2,3)22-14-23(28-24(32)27-19-10-8-18(26)9-11-19)30(29-22)20-12-16-6-4-5-7-21(16)17(13-20)15-31/h4-14,31H,15H2,1-3H3,(H2,27,28,32). The summed E-state index contributed by atoms with van der Waals surface area (Å²) in [5.41, 5.74) is 2.79. The number of carbonyl (C=O) groups excluding carboxylic acids is 1. The van der Waals surface area contributed by atoms with Crippen LogP contribution < -0.4 is 10.6 Å². The van der Waals surface area contributed by atoms with Crippen LogP contribution in [0.3, 0.4) is 0 Å². The lowest BCUT2D eigenvalue weighted by molar-refractivity contribution is 0.262. The molecular formula is C25H25ClN4O2. The first kappa shape index (κ1) is 21.9. The van der Waals surface area contributed by atoms with Crippen LogP contribution in [0.5, 0.6) is 0 Å². The van der Waals surface area contributed by atoms with Crippen molar-refractivity contribution < 1.29 is 9.90 Å². The number of amides is 2. The van der Waals surface area contributed by atoms with Crippen LogP contribution in [0.25, 0.3) is 16.5 Å². The number of fused-ring (bicyclic) bond motifs is 1. The summed E-state index contributed by atoms with van der Waals surface area (Å²) in [7, 11) is 0. The van der Waals surface area contributed by atoms with Crippen LogP contribution in [-0.2, 0) is 12.0 Å². The number of anilines is 2. The van der Waals surface area contributed by atoms with Crippen molar-refractivity contribution in [3.05, 3.63) is 83.0 Å². The van der Waals surface area contributed by atoms with Crippen molar-refractivity contribution in [3.63, 3.8) is 0 Å². The lowest BCUT2D eigenvalue weighted by atomic mass is 9.92. The number of hydrogen-bond donors (Lipinski definition) is 3. The van der Waals surface area contributed by atoms with Gasteiger partial charge in [-0.25, -0.2) is 9.48 Å². The van der Waals surface area contributed by atoms with Crippen LogP contribution in [0, 0.1) is 0 Å². The third-order valence-electron chi connectivity index (χ3n) is 5.17. The summed E-state index contributed by atoms with van der Waals surface area (Å²) in [5.74, 6) is 0.528. The van der Waals surface area contributed by atoms with E-state index >= 15 is 0 Å². The molecule has 6 nitrogen and oxygen atoms in total. The number of halogens is 1. The predicted octanol–water partition coefficient (Wildman–Crippen LogP) is 6.11. The minimum absolute atomic E-state index is 0.0957. The highest BCUT2D eigenvalue weighted by Gasteiger charge is 2.22. The van der Waals surface area contributed by atoms with Gasteiger partial charge in [0.05, 0.1) is 18.0 Å². The molecule has 0 spiro atoms. The van der Waals surface area contributed by atoms with Crippen LogP contribution in [0.15, 0.2) is 66.7 Å². The highest BCUT2D eigenvalue weighted by atomic mass is 35.5. The van der Waals surface area contributed by atoms with Crippen molar-refractivity contribution in [3.8, 4) is 5.69 Å². The number of hydrogen-bond acceptors (Lipinski definition) is 3. The smallest absolute Gasteiger partial charge is 0.324 e. The summed E-state index contributed by atoms with van der Waals surface area (Å²) in [6, 6.07) is 20.1. The number of urea groups is 1. The fraction of sp³-hybridized carbons (Fsp3) is 0.200. The van der Waals surface area contributed by atoms with Crippen molar-refractivity contribution in [1.29, 1.82) is 0 Å². The quantitative estimate of drug-likeness (QED) is 0.352. The summed E-state index contributed by atoms with van der Waals surface area (Å²) >= 11 is 5.92. The number of aliphatic hydroxyl groups is 1. The molecule has 7 heteroatoms. The zero-order chi connectivity index (χ0) is 22.9. The Kier molecular flexibility index (Phi) is 5.91. The van der Waals surface area contributed by atoms with Gasteiger partial charge in [-0.3, -0.25) is 5.32 Å². The zero-order valence-electron chi connectivity index (χ0n) is 18.2. The summed E-state index contributed by atoms with van der Waals surface area (Å²) in [6.07, 6.45) is 0. The van der Waals surface area contributed by atoms with Gasteiger partial charge < -0.3 is 10.4 Å². The minimum atomic E-state index is -0.392. The van der Waals surface area contributed by atoms with Crippen molar-refractivity contribution in [2.24, 2.45) is 0 Å². The summed E-state index contributed by atoms with van der Waals surface area (Å²) in [5, 5.41) is 23.0. The van der Waals surface area contributed by atoms with E-state index in [0.29, 0.717) is 16.5 Å². The number of nitrogens with one attached hydrogen (secondary N) is 2. The number of benzene rings is 3. The first-order valence-corrected chi connectivity index (χ1v) is 10.7. The molecule has 3 aromatic carbocycles. The van der Waals surface area contributed by atoms with E-state index < -0.39 is 6.03 Å². The monoisotopic (exact) mass is 448 g/mol. The molecule has 0 atom stereocenters. The molecule has 2 amide bonds. The summed E-state index contributed by atoms with van der Waals surface area (Å²) < 4.78 is 1.70. The lowest BCUT2D eigenvalue weighted by Crippen LogP contribution is -2.21. The van der Waals surface area contributed by atoms with Gasteiger partial charge in [0.1, 0.15) is 5.82 Å². The third-order valence-corrected chi connectivity index (χ3v) is 5.42. The van der Waals surface area contributed by atoms with E-state index in [1.165, 1.54) is 0 Å². The Morgan fingerprint density at radius 1 is 1.03 bits per heavy atom. The fourth-order valence-electron chi connectivity index (χ4n) is 3.47. The van der Waals surface area contributed by atoms with E-state index in [2.05, 4.69) is 31.4 Å². The lowest BCUT2D eigenvalue weighted by Gasteiger charge is -2.14. The number of rotatable bonds is 4. The van der Waals surface area contributed by atoms with Gasteiger partial charge in [0.25, 0.3) is 0 Å². The molecule has 0 unspecified atom stereocenters. The maximum Gasteiger partial charge on any atom is 0.324 e. The largest absolute Gasteiger partial charge is 0.392 e. The average molecular weight is 449 g/mol. The van der Waals surface area contributed by atoms with Gasteiger partial charge in [0.15, 0.2) is 0 Å². The highest BCUT2D eigenvalue weighted by molar-refractivity contribution is 6.30. The Morgan fingerprint density at radius 3 is 2.44 bits per heavy atom. The molecule has 0 fully saturated rings. The zero-order valence-corrected chi connectivity index (χ0v) is 18.9. The molecule has 0 aliphatic carbocycles. The molecule has 0 saturated heterocycles. The van der Waals surface area contributed by atoms with E-state index in [4.69, 9.17) is 16.7 Å². The molecule has 4 rings (SSSR count). The Bertz CT molecular complexity index is 1270. The Labute approximate surface area is 191 Å². The molecule has 0 saturated carbocycles. The Morgan fingerprint density at radius 2 is 1.75 bits per heavy atom. The van der Waals surface area contributed by atoms with E-state index in [0.717, 1.165) is 27.7 Å². The molecule has 32 heavy (non-hydrogen) atoms. The first-order chi connectivity index (χ1) is 15.2. The van der Waals surface area contributed by atoms with Crippen molar-refractivity contribution in [1.82, 2.24) is 9.78 Å². The van der Waals surface area contributed by atoms with Crippen LogP contribution in [-0.4, -0.2) is 20.9 Å². The number of nitrogens with zero attached hydrogens (tertiary/aromatic N) is 2. The van der Waals surface area contributed by atoms with Gasteiger partial charge in [-0.05, 0) is 52.7 Å². The van der Waals surface area contributed by atoms with Crippen molar-refractivity contribution in [2.75, 3.05) is 10.6 Å². The number of aromatic nitrogens is 2. The molecule has 0 aliphatic rings. The second-order valence-corrected chi connectivity index (χ2v) is 9.08. The maximum absolute atomic E-state index is 12.7. The van der Waals surface area contributed by atoms with Crippen molar-refractivity contribution >= 4 is 39.9 Å². The van der Waals surface area contributed by atoms with E-state index in [1.807, 2.05) is 42.5 Å². The third kappa shape index (κ3) is 4.61. The van der Waals surface area contributed by atoms with Crippen molar-refractivity contribution in [2.45, 2.75) is 32.8 Å². The predicted molar refractivity (Wildman–Crippen MR) is 130 cm³/mol. The number of aliphatic hydroxyl groups excluding tert-OH is 1. The molecule has 1 aromatic heterocycles. The Balaban J connectivity index is 1.73. The van der Waals surface area contributed by atoms with Gasteiger partial charge in [-0.2, -0.15) is 5.10 Å². The highest BCUT2D eigenvalue weighted by Crippen LogP contribution is 2.29. The minimum Gasteiger partial charge on any atom is -0.392 e. The van der Waals surface area contributed by atoms with Gasteiger partial charge in [-0.1, -0.05) is 56.6 Å². The van der Waals surface area contributed by atoms with Gasteiger partial charge in [-0.15, -0.1) is 0 Å². The summed E-state index contributed by atoms with van der Waals surface area (Å²) in [4.78, 5) is 12.7. The molecule has 3 N–H and O–H groups in total. The second-order valence-electron chi connectivity index (χ2n) is 8.65. The Hall–Kier alpha value is -3.35. The normalized spacial score (nSPS) is 11.5.